The van der Waals surface area contributed by atoms with Gasteiger partial charge < -0.3 is 19.6 Å². The zero-order valence-corrected chi connectivity index (χ0v) is 14.9. The number of nitrogens with zero attached hydrogens (tertiary/aromatic N) is 2. The summed E-state index contributed by atoms with van der Waals surface area (Å²) in [6.07, 6.45) is -0.457. The van der Waals surface area contributed by atoms with E-state index in [9.17, 15) is 14.7 Å². The molecule has 24 heavy (non-hydrogen) atoms. The van der Waals surface area contributed by atoms with Crippen LogP contribution < -0.4 is 4.90 Å². The largest absolute Gasteiger partial charge is 0.481 e. The lowest BCUT2D eigenvalue weighted by molar-refractivity contribution is -0.141. The summed E-state index contributed by atoms with van der Waals surface area (Å²) in [4.78, 5) is 27.4. The summed E-state index contributed by atoms with van der Waals surface area (Å²) < 4.78 is 5.37. The van der Waals surface area contributed by atoms with Gasteiger partial charge in [0.25, 0.3) is 0 Å². The van der Waals surface area contributed by atoms with Crippen LogP contribution in [0.25, 0.3) is 0 Å². The number of rotatable bonds is 3. The lowest BCUT2D eigenvalue weighted by Crippen LogP contribution is -2.35. The molecule has 1 aromatic carbocycles. The van der Waals surface area contributed by atoms with Crippen LogP contribution >= 0.6 is 0 Å². The summed E-state index contributed by atoms with van der Waals surface area (Å²) in [6, 6.07) is 7.80. The molecule has 6 heteroatoms. The van der Waals surface area contributed by atoms with Gasteiger partial charge in [-0.05, 0) is 38.5 Å². The van der Waals surface area contributed by atoms with Crippen molar-refractivity contribution in [3.05, 3.63) is 29.8 Å². The first kappa shape index (κ1) is 18.1. The maximum Gasteiger partial charge on any atom is 0.410 e. The number of hydrogen-bond donors (Lipinski definition) is 1. The molecule has 1 heterocycles. The molecule has 0 unspecified atom stereocenters. The Morgan fingerprint density at radius 3 is 2.21 bits per heavy atom. The van der Waals surface area contributed by atoms with Crippen molar-refractivity contribution in [2.75, 3.05) is 32.1 Å². The number of carbonyl (C=O) groups is 2. The molecule has 1 aliphatic heterocycles. The van der Waals surface area contributed by atoms with Gasteiger partial charge in [0.2, 0.25) is 0 Å². The van der Waals surface area contributed by atoms with Crippen molar-refractivity contribution in [3.8, 4) is 0 Å². The van der Waals surface area contributed by atoms with Gasteiger partial charge in [0.15, 0.2) is 0 Å². The Morgan fingerprint density at radius 1 is 1.17 bits per heavy atom. The molecular weight excluding hydrogens is 308 g/mol. The third kappa shape index (κ3) is 4.19. The summed E-state index contributed by atoms with van der Waals surface area (Å²) in [5.74, 6) is -1.74. The van der Waals surface area contributed by atoms with Crippen LogP contribution in [-0.2, 0) is 9.53 Å². The molecule has 2 rings (SSSR count). The first-order chi connectivity index (χ1) is 11.1. The molecule has 1 aromatic rings. The predicted molar refractivity (Wildman–Crippen MR) is 92.4 cm³/mol. The van der Waals surface area contributed by atoms with Gasteiger partial charge in [-0.3, -0.25) is 4.79 Å². The first-order valence-corrected chi connectivity index (χ1v) is 8.06. The van der Waals surface area contributed by atoms with Crippen LogP contribution in [0.3, 0.4) is 0 Å². The van der Waals surface area contributed by atoms with Gasteiger partial charge >= 0.3 is 12.1 Å². The number of anilines is 1. The fourth-order valence-corrected chi connectivity index (χ4v) is 2.89. The summed E-state index contributed by atoms with van der Waals surface area (Å²) in [5.41, 5.74) is 1.38. The summed E-state index contributed by atoms with van der Waals surface area (Å²) >= 11 is 0. The Balaban J connectivity index is 2.19. The number of carbonyl (C=O) groups excluding carboxylic acids is 1. The average molecular weight is 334 g/mol. The number of carboxylic acid groups (broad SMARTS) is 1. The minimum atomic E-state index is -0.886. The Labute approximate surface area is 143 Å². The second-order valence-corrected chi connectivity index (χ2v) is 7.42. The van der Waals surface area contributed by atoms with E-state index in [2.05, 4.69) is 0 Å². The molecule has 1 aliphatic rings. The monoisotopic (exact) mass is 334 g/mol. The molecule has 0 saturated carbocycles. The number of amides is 1. The molecule has 1 saturated heterocycles. The summed E-state index contributed by atoms with van der Waals surface area (Å²) in [7, 11) is 3.91. The number of benzene rings is 1. The van der Waals surface area contributed by atoms with Gasteiger partial charge in [0, 0.05) is 38.8 Å². The molecule has 0 aromatic heterocycles. The van der Waals surface area contributed by atoms with Crippen LogP contribution in [0.1, 0.15) is 32.3 Å². The maximum atomic E-state index is 12.3. The summed E-state index contributed by atoms with van der Waals surface area (Å²) in [6.45, 7) is 5.92. The Kier molecular flexibility index (Phi) is 5.06. The lowest BCUT2D eigenvalue weighted by atomic mass is 9.89. The van der Waals surface area contributed by atoms with Gasteiger partial charge in [-0.2, -0.15) is 0 Å². The standard InChI is InChI=1S/C18H26N2O4/c1-18(2,3)24-17(23)20-10-14(15(11-20)16(21)22)12-6-8-13(9-7-12)19(4)5/h6-9,14-15H,10-11H2,1-5H3,(H,21,22)/t14-,15-/m0/s1. The molecular formula is C18H26N2O4. The first-order valence-electron chi connectivity index (χ1n) is 8.06. The van der Waals surface area contributed by atoms with Crippen molar-refractivity contribution >= 4 is 17.7 Å². The van der Waals surface area contributed by atoms with Crippen LogP contribution in [0.2, 0.25) is 0 Å². The van der Waals surface area contributed by atoms with E-state index in [1.165, 1.54) is 4.90 Å². The molecule has 1 amide bonds. The van der Waals surface area contributed by atoms with Gasteiger partial charge in [-0.1, -0.05) is 12.1 Å². The Morgan fingerprint density at radius 2 is 1.75 bits per heavy atom. The highest BCUT2D eigenvalue weighted by molar-refractivity contribution is 5.76. The number of carboxylic acids is 1. The Hall–Kier alpha value is -2.24. The second kappa shape index (κ2) is 6.71. The highest BCUT2D eigenvalue weighted by Gasteiger charge is 2.41. The van der Waals surface area contributed by atoms with Crippen LogP contribution in [0.15, 0.2) is 24.3 Å². The molecule has 2 atom stereocenters. The second-order valence-electron chi connectivity index (χ2n) is 7.42. The smallest absolute Gasteiger partial charge is 0.410 e. The highest BCUT2D eigenvalue weighted by Crippen LogP contribution is 2.34. The molecule has 132 valence electrons. The van der Waals surface area contributed by atoms with Crippen molar-refractivity contribution in [2.24, 2.45) is 5.92 Å². The van der Waals surface area contributed by atoms with Crippen molar-refractivity contribution in [2.45, 2.75) is 32.3 Å². The minimum Gasteiger partial charge on any atom is -0.481 e. The predicted octanol–water partition coefficient (Wildman–Crippen LogP) is 2.79. The fourth-order valence-electron chi connectivity index (χ4n) is 2.89. The maximum absolute atomic E-state index is 12.3. The number of ether oxygens (including phenoxy) is 1. The van der Waals surface area contributed by atoms with E-state index in [1.54, 1.807) is 20.8 Å². The van der Waals surface area contributed by atoms with Gasteiger partial charge in [-0.25, -0.2) is 4.79 Å². The number of hydrogen-bond acceptors (Lipinski definition) is 4. The van der Waals surface area contributed by atoms with E-state index >= 15 is 0 Å². The molecule has 0 aliphatic carbocycles. The SMILES string of the molecule is CN(C)c1ccc([C@@H]2CN(C(=O)OC(C)(C)C)C[C@@H]2C(=O)O)cc1. The molecule has 0 bridgehead atoms. The van der Waals surface area contributed by atoms with Crippen LogP contribution in [-0.4, -0.2) is 54.9 Å². The molecule has 0 radical (unpaired) electrons. The van der Waals surface area contributed by atoms with E-state index in [1.807, 2.05) is 43.3 Å². The van der Waals surface area contributed by atoms with Crippen molar-refractivity contribution in [1.82, 2.24) is 4.90 Å². The highest BCUT2D eigenvalue weighted by atomic mass is 16.6. The van der Waals surface area contributed by atoms with Crippen molar-refractivity contribution < 1.29 is 19.4 Å². The normalized spacial score (nSPS) is 20.8. The third-order valence-electron chi connectivity index (χ3n) is 4.13. The number of aliphatic carboxylic acids is 1. The van der Waals surface area contributed by atoms with E-state index < -0.39 is 23.6 Å². The van der Waals surface area contributed by atoms with Gasteiger partial charge in [0.1, 0.15) is 5.60 Å². The zero-order valence-electron chi connectivity index (χ0n) is 14.9. The number of likely N-dealkylation sites (tertiary alicyclic amines) is 1. The van der Waals surface area contributed by atoms with Crippen LogP contribution in [0, 0.1) is 5.92 Å². The van der Waals surface area contributed by atoms with Gasteiger partial charge in [-0.15, -0.1) is 0 Å². The van der Waals surface area contributed by atoms with Crippen LogP contribution in [0.5, 0.6) is 0 Å². The molecule has 1 N–H and O–H groups in total. The van der Waals surface area contributed by atoms with Crippen molar-refractivity contribution in [3.63, 3.8) is 0 Å². The summed E-state index contributed by atoms with van der Waals surface area (Å²) in [5, 5.41) is 9.53. The third-order valence-corrected chi connectivity index (χ3v) is 4.13. The van der Waals surface area contributed by atoms with E-state index in [4.69, 9.17) is 4.74 Å². The van der Waals surface area contributed by atoms with Crippen molar-refractivity contribution in [1.29, 1.82) is 0 Å². The topological polar surface area (TPSA) is 70.1 Å². The van der Waals surface area contributed by atoms with E-state index in [0.717, 1.165) is 11.3 Å². The Bertz CT molecular complexity index is 604. The average Bonchev–Trinajstić information content (AvgIpc) is 2.91. The lowest BCUT2D eigenvalue weighted by Gasteiger charge is -2.24. The fraction of sp³-hybridized carbons (Fsp3) is 0.556. The molecule has 0 spiro atoms. The minimum absolute atomic E-state index is 0.171. The molecule has 6 nitrogen and oxygen atoms in total. The molecule has 1 fully saturated rings. The van der Waals surface area contributed by atoms with E-state index in [0.29, 0.717) is 6.54 Å². The van der Waals surface area contributed by atoms with E-state index in [-0.39, 0.29) is 12.5 Å². The van der Waals surface area contributed by atoms with Crippen LogP contribution in [0.4, 0.5) is 10.5 Å². The zero-order chi connectivity index (χ0) is 18.1. The quantitative estimate of drug-likeness (QED) is 0.920. The van der Waals surface area contributed by atoms with Gasteiger partial charge in [0.05, 0.1) is 5.92 Å².